The molecule has 0 radical (unpaired) electrons. The molecule has 7 nitrogen and oxygen atoms in total. The molecule has 2 saturated heterocycles. The second kappa shape index (κ2) is 9.75. The monoisotopic (exact) mass is 511 g/mol. The summed E-state index contributed by atoms with van der Waals surface area (Å²) in [6.07, 6.45) is -1.82. The normalized spacial score (nSPS) is 17.5. The maximum absolute atomic E-state index is 13.2. The Kier molecular flexibility index (Phi) is 6.63. The molecule has 5 rings (SSSR count). The molecule has 0 unspecified atom stereocenters. The van der Waals surface area contributed by atoms with Crippen LogP contribution in [-0.4, -0.2) is 42.2 Å². The highest BCUT2D eigenvalue weighted by atomic mass is 19.4. The molecule has 2 fully saturated rings. The molecule has 2 aliphatic rings. The van der Waals surface area contributed by atoms with E-state index in [1.54, 1.807) is 36.5 Å². The predicted molar refractivity (Wildman–Crippen MR) is 133 cm³/mol. The van der Waals surface area contributed by atoms with Gasteiger partial charge in [0.05, 0.1) is 24.8 Å². The minimum atomic E-state index is -4.44. The van der Waals surface area contributed by atoms with Crippen LogP contribution in [0.3, 0.4) is 0 Å². The Morgan fingerprint density at radius 1 is 1.19 bits per heavy atom. The van der Waals surface area contributed by atoms with Crippen molar-refractivity contribution >= 4 is 11.7 Å². The molecule has 1 amide bonds. The molecule has 2 aliphatic heterocycles. The SMILES string of the molecule is C[C@@H](NC(=O)c1nccc(N2CCC3(COC3)C2)n1)c1ccc(-c2cc(C(F)(F)F)ccc2CN)cc1. The van der Waals surface area contributed by atoms with Crippen LogP contribution in [0, 0.1) is 5.41 Å². The molecule has 3 aromatic rings. The summed E-state index contributed by atoms with van der Waals surface area (Å²) in [7, 11) is 0. The fourth-order valence-electron chi connectivity index (χ4n) is 4.89. The number of ether oxygens (including phenoxy) is 1. The summed E-state index contributed by atoms with van der Waals surface area (Å²) < 4.78 is 45.1. The van der Waals surface area contributed by atoms with E-state index in [9.17, 15) is 18.0 Å². The average molecular weight is 512 g/mol. The number of aromatic nitrogens is 2. The minimum absolute atomic E-state index is 0.0864. The molecule has 3 heterocycles. The molecular formula is C27H28F3N5O2. The largest absolute Gasteiger partial charge is 0.416 e. The standard InChI is InChI=1S/C27H28F3N5O2/c1-17(18-2-4-19(5-3-18)22-12-21(27(28,29)30)7-6-20(22)13-31)33-25(36)24-32-10-8-23(34-24)35-11-9-26(14-35)15-37-16-26/h2-8,10,12,17H,9,11,13-16,31H2,1H3,(H,33,36)/t17-/m1/s1. The smallest absolute Gasteiger partial charge is 0.380 e. The molecule has 1 spiro atoms. The number of halogens is 3. The Labute approximate surface area is 212 Å². The van der Waals surface area contributed by atoms with E-state index < -0.39 is 17.6 Å². The number of hydrogen-bond donors (Lipinski definition) is 2. The van der Waals surface area contributed by atoms with Gasteiger partial charge in [0.2, 0.25) is 5.82 Å². The first-order valence-corrected chi connectivity index (χ1v) is 12.1. The first-order chi connectivity index (χ1) is 17.7. The van der Waals surface area contributed by atoms with Gasteiger partial charge >= 0.3 is 6.18 Å². The molecule has 0 bridgehead atoms. The van der Waals surface area contributed by atoms with Crippen molar-refractivity contribution in [1.29, 1.82) is 0 Å². The van der Waals surface area contributed by atoms with Gasteiger partial charge in [-0.25, -0.2) is 9.97 Å². The zero-order chi connectivity index (χ0) is 26.2. The molecule has 3 N–H and O–H groups in total. The van der Waals surface area contributed by atoms with Crippen molar-refractivity contribution in [1.82, 2.24) is 15.3 Å². The molecule has 194 valence electrons. The highest BCUT2D eigenvalue weighted by molar-refractivity contribution is 5.91. The van der Waals surface area contributed by atoms with Gasteiger partial charge in [-0.2, -0.15) is 13.2 Å². The van der Waals surface area contributed by atoms with E-state index >= 15 is 0 Å². The fourth-order valence-corrected chi connectivity index (χ4v) is 4.89. The van der Waals surface area contributed by atoms with E-state index in [2.05, 4.69) is 20.2 Å². The fraction of sp³-hybridized carbons (Fsp3) is 0.370. The molecule has 2 aromatic carbocycles. The van der Waals surface area contributed by atoms with E-state index in [1.807, 2.05) is 6.92 Å². The molecule has 0 saturated carbocycles. The third kappa shape index (κ3) is 5.17. The predicted octanol–water partition coefficient (Wildman–Crippen LogP) is 4.34. The lowest BCUT2D eigenvalue weighted by atomic mass is 9.85. The quantitative estimate of drug-likeness (QED) is 0.512. The van der Waals surface area contributed by atoms with E-state index in [-0.39, 0.29) is 23.8 Å². The first-order valence-electron chi connectivity index (χ1n) is 12.1. The van der Waals surface area contributed by atoms with Gasteiger partial charge in [-0.1, -0.05) is 30.3 Å². The Bertz CT molecular complexity index is 1290. The van der Waals surface area contributed by atoms with Gasteiger partial charge in [0.25, 0.3) is 5.91 Å². The molecule has 1 atom stereocenters. The molecule has 1 aromatic heterocycles. The molecule has 0 aliphatic carbocycles. The van der Waals surface area contributed by atoms with Crippen LogP contribution in [0.2, 0.25) is 0 Å². The maximum atomic E-state index is 13.2. The summed E-state index contributed by atoms with van der Waals surface area (Å²) in [6.45, 7) is 5.19. The number of nitrogens with zero attached hydrogens (tertiary/aromatic N) is 3. The summed E-state index contributed by atoms with van der Waals surface area (Å²) >= 11 is 0. The van der Waals surface area contributed by atoms with Crippen LogP contribution in [0.1, 0.15) is 46.7 Å². The molecule has 37 heavy (non-hydrogen) atoms. The average Bonchev–Trinajstić information content (AvgIpc) is 3.35. The van der Waals surface area contributed by atoms with Gasteiger partial charge in [-0.3, -0.25) is 4.79 Å². The van der Waals surface area contributed by atoms with Crippen molar-refractivity contribution in [2.24, 2.45) is 11.1 Å². The highest BCUT2D eigenvalue weighted by Crippen LogP contribution is 2.39. The third-order valence-corrected chi connectivity index (χ3v) is 7.15. The Morgan fingerprint density at radius 2 is 1.95 bits per heavy atom. The van der Waals surface area contributed by atoms with Crippen molar-refractivity contribution in [2.45, 2.75) is 32.1 Å². The van der Waals surface area contributed by atoms with Crippen molar-refractivity contribution in [3.05, 3.63) is 77.2 Å². The number of alkyl halides is 3. The number of carbonyl (C=O) groups is 1. The van der Waals surface area contributed by atoms with Crippen LogP contribution in [0.4, 0.5) is 19.0 Å². The summed E-state index contributed by atoms with van der Waals surface area (Å²) in [5.41, 5.74) is 7.70. The van der Waals surface area contributed by atoms with E-state index in [4.69, 9.17) is 10.5 Å². The van der Waals surface area contributed by atoms with Gasteiger partial charge in [0.15, 0.2) is 0 Å². The summed E-state index contributed by atoms with van der Waals surface area (Å²) in [5.74, 6) is 0.406. The van der Waals surface area contributed by atoms with Gasteiger partial charge in [-0.15, -0.1) is 0 Å². The van der Waals surface area contributed by atoms with Crippen LogP contribution in [0.25, 0.3) is 11.1 Å². The number of benzene rings is 2. The Hall–Kier alpha value is -3.50. The number of carbonyl (C=O) groups excluding carboxylic acids is 1. The zero-order valence-electron chi connectivity index (χ0n) is 20.4. The Balaban J connectivity index is 1.28. The Morgan fingerprint density at radius 3 is 2.57 bits per heavy atom. The maximum Gasteiger partial charge on any atom is 0.416 e. The van der Waals surface area contributed by atoms with E-state index in [1.165, 1.54) is 6.07 Å². The van der Waals surface area contributed by atoms with Crippen molar-refractivity contribution < 1.29 is 22.7 Å². The lowest BCUT2D eigenvalue weighted by molar-refractivity contribution is -0.137. The second-order valence-corrected chi connectivity index (χ2v) is 9.79. The topological polar surface area (TPSA) is 93.4 Å². The molecular weight excluding hydrogens is 483 g/mol. The zero-order valence-corrected chi connectivity index (χ0v) is 20.4. The second-order valence-electron chi connectivity index (χ2n) is 9.79. The lowest BCUT2D eigenvalue weighted by Gasteiger charge is -2.37. The summed E-state index contributed by atoms with van der Waals surface area (Å²) in [6, 6.07) is 12.0. The van der Waals surface area contributed by atoms with Crippen molar-refractivity contribution in [2.75, 3.05) is 31.2 Å². The third-order valence-electron chi connectivity index (χ3n) is 7.15. The van der Waals surface area contributed by atoms with Gasteiger partial charge < -0.3 is 20.7 Å². The van der Waals surface area contributed by atoms with Crippen molar-refractivity contribution in [3.8, 4) is 11.1 Å². The number of nitrogens with two attached hydrogens (primary N) is 1. The van der Waals surface area contributed by atoms with Crippen LogP contribution in [0.15, 0.2) is 54.7 Å². The first kappa shape index (κ1) is 25.2. The van der Waals surface area contributed by atoms with Crippen LogP contribution in [0.5, 0.6) is 0 Å². The number of anilines is 1. The van der Waals surface area contributed by atoms with Crippen LogP contribution < -0.4 is 16.0 Å². The van der Waals surface area contributed by atoms with Crippen LogP contribution >= 0.6 is 0 Å². The summed E-state index contributed by atoms with van der Waals surface area (Å²) in [5, 5.41) is 2.91. The lowest BCUT2D eigenvalue weighted by Crippen LogP contribution is -2.44. The summed E-state index contributed by atoms with van der Waals surface area (Å²) in [4.78, 5) is 23.7. The number of rotatable bonds is 6. The van der Waals surface area contributed by atoms with E-state index in [0.29, 0.717) is 16.7 Å². The van der Waals surface area contributed by atoms with Crippen molar-refractivity contribution in [3.63, 3.8) is 0 Å². The minimum Gasteiger partial charge on any atom is -0.380 e. The number of amides is 1. The number of hydrogen-bond acceptors (Lipinski definition) is 6. The van der Waals surface area contributed by atoms with Gasteiger partial charge in [0.1, 0.15) is 5.82 Å². The van der Waals surface area contributed by atoms with Gasteiger partial charge in [0, 0.05) is 31.2 Å². The highest BCUT2D eigenvalue weighted by Gasteiger charge is 2.44. The molecule has 10 heteroatoms. The van der Waals surface area contributed by atoms with E-state index in [0.717, 1.165) is 56.2 Å². The van der Waals surface area contributed by atoms with Gasteiger partial charge in [-0.05, 0) is 53.8 Å². The van der Waals surface area contributed by atoms with Crippen LogP contribution in [-0.2, 0) is 17.5 Å². The number of nitrogens with one attached hydrogen (secondary N) is 1.